The molecule has 0 aliphatic rings. The lowest BCUT2D eigenvalue weighted by Crippen LogP contribution is -2.12. The molecule has 0 saturated heterocycles. The number of anilines is 2. The zero-order valence-corrected chi connectivity index (χ0v) is 11.5. The maximum atomic E-state index is 13.6. The van der Waals surface area contributed by atoms with Gasteiger partial charge in [-0.05, 0) is 18.2 Å². The molecule has 0 amide bonds. The Morgan fingerprint density at radius 2 is 1.70 bits per heavy atom. The molecule has 0 aliphatic heterocycles. The Balaban J connectivity index is 2.50. The van der Waals surface area contributed by atoms with Gasteiger partial charge in [0.2, 0.25) is 0 Å². The topological polar surface area (TPSA) is 38.0 Å². The largest absolute Gasteiger partial charge is 0.389 e. The van der Waals surface area contributed by atoms with Gasteiger partial charge in [0.05, 0.1) is 5.69 Å². The minimum Gasteiger partial charge on any atom is -0.389 e. The molecule has 104 valence electrons. The van der Waals surface area contributed by atoms with Crippen molar-refractivity contribution >= 4 is 40.2 Å². The van der Waals surface area contributed by atoms with E-state index in [1.807, 2.05) is 0 Å². The van der Waals surface area contributed by atoms with Crippen LogP contribution in [0.5, 0.6) is 0 Å². The SMILES string of the molecule is NC(=S)c1ccc(Cl)cc1Nc1c(F)cc(F)cc1F. The monoisotopic (exact) mass is 316 g/mol. The number of rotatable bonds is 3. The summed E-state index contributed by atoms with van der Waals surface area (Å²) in [7, 11) is 0. The third-order valence-corrected chi connectivity index (χ3v) is 2.97. The molecule has 7 heteroatoms. The van der Waals surface area contributed by atoms with E-state index in [9.17, 15) is 13.2 Å². The van der Waals surface area contributed by atoms with Crippen LogP contribution in [-0.4, -0.2) is 4.99 Å². The Hall–Kier alpha value is -1.79. The fraction of sp³-hybridized carbons (Fsp3) is 0. The summed E-state index contributed by atoms with van der Waals surface area (Å²) in [5.41, 5.74) is 5.61. The van der Waals surface area contributed by atoms with Gasteiger partial charge < -0.3 is 11.1 Å². The molecule has 0 spiro atoms. The molecule has 0 fully saturated rings. The van der Waals surface area contributed by atoms with Gasteiger partial charge >= 0.3 is 0 Å². The first-order valence-electron chi connectivity index (χ1n) is 5.39. The second kappa shape index (κ2) is 5.68. The number of thiocarbonyl (C=S) groups is 1. The molecule has 0 aliphatic carbocycles. The molecular weight excluding hydrogens is 309 g/mol. The number of hydrogen-bond acceptors (Lipinski definition) is 2. The van der Waals surface area contributed by atoms with Crippen molar-refractivity contribution in [3.63, 3.8) is 0 Å². The van der Waals surface area contributed by atoms with Gasteiger partial charge in [-0.2, -0.15) is 0 Å². The van der Waals surface area contributed by atoms with Gasteiger partial charge in [0, 0.05) is 22.7 Å². The lowest BCUT2D eigenvalue weighted by atomic mass is 10.1. The van der Waals surface area contributed by atoms with Crippen molar-refractivity contribution in [2.45, 2.75) is 0 Å². The van der Waals surface area contributed by atoms with Crippen molar-refractivity contribution in [3.8, 4) is 0 Å². The molecule has 0 aromatic heterocycles. The molecule has 0 atom stereocenters. The lowest BCUT2D eigenvalue weighted by molar-refractivity contribution is 0.549. The quantitative estimate of drug-likeness (QED) is 0.836. The highest BCUT2D eigenvalue weighted by molar-refractivity contribution is 7.80. The summed E-state index contributed by atoms with van der Waals surface area (Å²) in [5, 5.41) is 2.82. The van der Waals surface area contributed by atoms with Gasteiger partial charge in [0.15, 0.2) is 11.6 Å². The smallest absolute Gasteiger partial charge is 0.152 e. The standard InChI is InChI=1S/C13H8ClF3N2S/c14-6-1-2-8(13(18)20)11(3-6)19-12-9(16)4-7(15)5-10(12)17/h1-5,19H,(H2,18,20). The van der Waals surface area contributed by atoms with E-state index >= 15 is 0 Å². The molecule has 2 nitrogen and oxygen atoms in total. The van der Waals surface area contributed by atoms with Crippen LogP contribution in [0.2, 0.25) is 5.02 Å². The summed E-state index contributed by atoms with van der Waals surface area (Å²) in [4.78, 5) is 0.0343. The number of hydrogen-bond donors (Lipinski definition) is 2. The van der Waals surface area contributed by atoms with Gasteiger partial charge in [-0.15, -0.1) is 0 Å². The van der Waals surface area contributed by atoms with E-state index in [4.69, 9.17) is 29.6 Å². The Bertz CT molecular complexity index is 668. The maximum absolute atomic E-state index is 13.6. The molecular formula is C13H8ClF3N2S. The third kappa shape index (κ3) is 3.02. The summed E-state index contributed by atoms with van der Waals surface area (Å²) in [5.74, 6) is -3.15. The van der Waals surface area contributed by atoms with Gasteiger partial charge in [-0.25, -0.2) is 13.2 Å². The predicted molar refractivity (Wildman–Crippen MR) is 76.9 cm³/mol. The fourth-order valence-electron chi connectivity index (χ4n) is 1.63. The molecule has 2 aromatic carbocycles. The number of nitrogens with one attached hydrogen (secondary N) is 1. The van der Waals surface area contributed by atoms with Crippen LogP contribution in [0.1, 0.15) is 5.56 Å². The first kappa shape index (κ1) is 14.6. The summed E-state index contributed by atoms with van der Waals surface area (Å²) in [6, 6.07) is 5.61. The van der Waals surface area contributed by atoms with Crippen LogP contribution in [0.4, 0.5) is 24.5 Å². The second-order valence-corrected chi connectivity index (χ2v) is 4.80. The first-order valence-corrected chi connectivity index (χ1v) is 6.18. The normalized spacial score (nSPS) is 10.4. The molecule has 0 bridgehead atoms. The van der Waals surface area contributed by atoms with Crippen molar-refractivity contribution < 1.29 is 13.2 Å². The van der Waals surface area contributed by atoms with Gasteiger partial charge in [0.25, 0.3) is 0 Å². The highest BCUT2D eigenvalue weighted by Gasteiger charge is 2.14. The van der Waals surface area contributed by atoms with Crippen LogP contribution in [0, 0.1) is 17.5 Å². The van der Waals surface area contributed by atoms with Gasteiger partial charge in [0.1, 0.15) is 16.5 Å². The van der Waals surface area contributed by atoms with Crippen LogP contribution < -0.4 is 11.1 Å². The highest BCUT2D eigenvalue weighted by Crippen LogP contribution is 2.28. The third-order valence-electron chi connectivity index (χ3n) is 2.51. The molecule has 0 unspecified atom stereocenters. The minimum absolute atomic E-state index is 0.0343. The zero-order valence-electron chi connectivity index (χ0n) is 9.88. The first-order chi connectivity index (χ1) is 9.38. The van der Waals surface area contributed by atoms with Gasteiger partial charge in [-0.3, -0.25) is 0 Å². The van der Waals surface area contributed by atoms with Crippen LogP contribution in [0.15, 0.2) is 30.3 Å². The molecule has 2 aromatic rings. The Labute approximate surface area is 123 Å². The van der Waals surface area contributed by atoms with Crippen molar-refractivity contribution in [1.82, 2.24) is 0 Å². The van der Waals surface area contributed by atoms with Crippen LogP contribution in [0.25, 0.3) is 0 Å². The van der Waals surface area contributed by atoms with Crippen LogP contribution >= 0.6 is 23.8 Å². The Morgan fingerprint density at radius 3 is 2.25 bits per heavy atom. The van der Waals surface area contributed by atoms with Crippen molar-refractivity contribution in [3.05, 3.63) is 58.4 Å². The number of halogens is 4. The Kier molecular flexibility index (Phi) is 4.15. The van der Waals surface area contributed by atoms with Crippen molar-refractivity contribution in [2.75, 3.05) is 5.32 Å². The maximum Gasteiger partial charge on any atom is 0.152 e. The fourth-order valence-corrected chi connectivity index (χ4v) is 1.98. The molecule has 0 saturated carbocycles. The van der Waals surface area contributed by atoms with E-state index in [0.717, 1.165) is 0 Å². The summed E-state index contributed by atoms with van der Waals surface area (Å²) >= 11 is 10.7. The number of nitrogens with two attached hydrogens (primary N) is 1. The summed E-state index contributed by atoms with van der Waals surface area (Å²) in [6.07, 6.45) is 0. The van der Waals surface area contributed by atoms with Crippen LogP contribution in [0.3, 0.4) is 0 Å². The van der Waals surface area contributed by atoms with E-state index in [2.05, 4.69) is 5.32 Å². The van der Waals surface area contributed by atoms with E-state index < -0.39 is 23.1 Å². The van der Waals surface area contributed by atoms with E-state index in [1.165, 1.54) is 12.1 Å². The second-order valence-electron chi connectivity index (χ2n) is 3.92. The van der Waals surface area contributed by atoms with Gasteiger partial charge in [-0.1, -0.05) is 23.8 Å². The molecule has 0 radical (unpaired) electrons. The summed E-state index contributed by atoms with van der Waals surface area (Å²) < 4.78 is 40.0. The van der Waals surface area contributed by atoms with Crippen LogP contribution in [-0.2, 0) is 0 Å². The zero-order chi connectivity index (χ0) is 14.9. The highest BCUT2D eigenvalue weighted by atomic mass is 35.5. The van der Waals surface area contributed by atoms with E-state index in [0.29, 0.717) is 22.7 Å². The molecule has 2 rings (SSSR count). The number of benzene rings is 2. The van der Waals surface area contributed by atoms with E-state index in [1.54, 1.807) is 6.07 Å². The lowest BCUT2D eigenvalue weighted by Gasteiger charge is -2.13. The van der Waals surface area contributed by atoms with Crippen molar-refractivity contribution in [1.29, 1.82) is 0 Å². The average molecular weight is 317 g/mol. The average Bonchev–Trinajstić information content (AvgIpc) is 2.33. The Morgan fingerprint density at radius 1 is 1.10 bits per heavy atom. The van der Waals surface area contributed by atoms with Crippen molar-refractivity contribution in [2.24, 2.45) is 5.73 Å². The van der Waals surface area contributed by atoms with E-state index in [-0.39, 0.29) is 10.7 Å². The molecule has 3 N–H and O–H groups in total. The molecule has 0 heterocycles. The molecule has 20 heavy (non-hydrogen) atoms. The summed E-state index contributed by atoms with van der Waals surface area (Å²) in [6.45, 7) is 0. The predicted octanol–water partition coefficient (Wildman–Crippen LogP) is 4.14. The minimum atomic E-state index is -1.07.